The molecule has 120 valence electrons. The van der Waals surface area contributed by atoms with Crippen LogP contribution in [0.5, 0.6) is 0 Å². The Hall–Kier alpha value is -1.81. The number of hydrogen-bond donors (Lipinski definition) is 0. The molecule has 1 aliphatic rings. The number of benzene rings is 2. The summed E-state index contributed by atoms with van der Waals surface area (Å²) in [5.41, 5.74) is 2.68. The standard InChI is InChI=1S/C19H20FNOS/c1-2-3-6-14-9-11-15(12-10-14)21-18(22)13-23-19(21)16-7-4-5-8-17(16)20/h4-5,7-12,19H,2-3,6,13H2,1H3/t19-/m1/s1. The van der Waals surface area contributed by atoms with E-state index in [1.54, 1.807) is 17.0 Å². The molecule has 0 bridgehead atoms. The fraction of sp³-hybridized carbons (Fsp3) is 0.316. The maximum Gasteiger partial charge on any atom is 0.238 e. The van der Waals surface area contributed by atoms with E-state index < -0.39 is 0 Å². The first-order chi connectivity index (χ1) is 11.2. The summed E-state index contributed by atoms with van der Waals surface area (Å²) in [6.07, 6.45) is 3.38. The number of unbranched alkanes of at least 4 members (excludes halogenated alkanes) is 1. The summed E-state index contributed by atoms with van der Waals surface area (Å²) in [4.78, 5) is 14.0. The van der Waals surface area contributed by atoms with Gasteiger partial charge < -0.3 is 0 Å². The Morgan fingerprint density at radius 1 is 1.17 bits per heavy atom. The average Bonchev–Trinajstić information content (AvgIpc) is 2.95. The van der Waals surface area contributed by atoms with Gasteiger partial charge in [0.25, 0.3) is 0 Å². The lowest BCUT2D eigenvalue weighted by molar-refractivity contribution is -0.115. The molecule has 1 atom stereocenters. The molecule has 2 aromatic carbocycles. The molecule has 23 heavy (non-hydrogen) atoms. The Morgan fingerprint density at radius 2 is 1.91 bits per heavy atom. The molecule has 0 saturated carbocycles. The molecule has 3 rings (SSSR count). The monoisotopic (exact) mass is 329 g/mol. The van der Waals surface area contributed by atoms with Gasteiger partial charge in [-0.1, -0.05) is 43.7 Å². The quantitative estimate of drug-likeness (QED) is 0.774. The number of aryl methyl sites for hydroxylation is 1. The van der Waals surface area contributed by atoms with Gasteiger partial charge in [-0.25, -0.2) is 4.39 Å². The van der Waals surface area contributed by atoms with E-state index in [9.17, 15) is 9.18 Å². The van der Waals surface area contributed by atoms with E-state index in [0.29, 0.717) is 11.3 Å². The molecule has 0 unspecified atom stereocenters. The van der Waals surface area contributed by atoms with Crippen molar-refractivity contribution in [3.8, 4) is 0 Å². The Kier molecular flexibility index (Phi) is 5.01. The zero-order chi connectivity index (χ0) is 16.2. The van der Waals surface area contributed by atoms with Crippen LogP contribution in [0.1, 0.15) is 36.3 Å². The van der Waals surface area contributed by atoms with Crippen molar-refractivity contribution in [3.05, 3.63) is 65.5 Å². The van der Waals surface area contributed by atoms with Crippen molar-refractivity contribution in [2.24, 2.45) is 0 Å². The molecular weight excluding hydrogens is 309 g/mol. The molecule has 2 nitrogen and oxygen atoms in total. The number of nitrogens with zero attached hydrogens (tertiary/aromatic N) is 1. The minimum Gasteiger partial charge on any atom is -0.295 e. The van der Waals surface area contributed by atoms with Crippen LogP contribution in [-0.2, 0) is 11.2 Å². The highest BCUT2D eigenvalue weighted by atomic mass is 32.2. The summed E-state index contributed by atoms with van der Waals surface area (Å²) in [6, 6.07) is 14.8. The normalized spacial score (nSPS) is 17.7. The molecule has 1 heterocycles. The van der Waals surface area contributed by atoms with Crippen molar-refractivity contribution < 1.29 is 9.18 Å². The molecule has 1 saturated heterocycles. The number of amides is 1. The van der Waals surface area contributed by atoms with Crippen LogP contribution in [0.3, 0.4) is 0 Å². The Bertz CT molecular complexity index is 686. The lowest BCUT2D eigenvalue weighted by Gasteiger charge is -2.24. The van der Waals surface area contributed by atoms with Crippen molar-refractivity contribution >= 4 is 23.4 Å². The van der Waals surface area contributed by atoms with Gasteiger partial charge in [0.1, 0.15) is 11.2 Å². The molecule has 0 radical (unpaired) electrons. The number of halogens is 1. The maximum atomic E-state index is 14.1. The minimum atomic E-state index is -0.287. The van der Waals surface area contributed by atoms with E-state index in [2.05, 4.69) is 19.1 Å². The maximum absolute atomic E-state index is 14.1. The van der Waals surface area contributed by atoms with Crippen LogP contribution in [-0.4, -0.2) is 11.7 Å². The van der Waals surface area contributed by atoms with E-state index in [0.717, 1.165) is 18.5 Å². The van der Waals surface area contributed by atoms with Crippen LogP contribution in [0.4, 0.5) is 10.1 Å². The topological polar surface area (TPSA) is 20.3 Å². The zero-order valence-electron chi connectivity index (χ0n) is 13.2. The van der Waals surface area contributed by atoms with E-state index in [1.165, 1.54) is 29.8 Å². The van der Waals surface area contributed by atoms with Crippen LogP contribution in [0.15, 0.2) is 48.5 Å². The van der Waals surface area contributed by atoms with Crippen LogP contribution < -0.4 is 4.90 Å². The predicted octanol–water partition coefficient (Wildman–Crippen LogP) is 4.95. The van der Waals surface area contributed by atoms with Gasteiger partial charge in [-0.05, 0) is 36.6 Å². The molecule has 1 amide bonds. The van der Waals surface area contributed by atoms with Gasteiger partial charge in [0.2, 0.25) is 5.91 Å². The van der Waals surface area contributed by atoms with Crippen molar-refractivity contribution in [1.82, 2.24) is 0 Å². The first kappa shape index (κ1) is 16.1. The third kappa shape index (κ3) is 3.42. The second-order valence-corrected chi connectivity index (χ2v) is 6.79. The van der Waals surface area contributed by atoms with E-state index in [-0.39, 0.29) is 17.1 Å². The van der Waals surface area contributed by atoms with Gasteiger partial charge in [-0.2, -0.15) is 0 Å². The second kappa shape index (κ2) is 7.18. The van der Waals surface area contributed by atoms with Gasteiger partial charge in [0, 0.05) is 11.3 Å². The Morgan fingerprint density at radius 3 is 2.61 bits per heavy atom. The van der Waals surface area contributed by atoms with E-state index >= 15 is 0 Å². The SMILES string of the molecule is CCCCc1ccc(N2C(=O)CS[C@@H]2c2ccccc2F)cc1. The predicted molar refractivity (Wildman–Crippen MR) is 94.1 cm³/mol. The van der Waals surface area contributed by atoms with Gasteiger partial charge in [0.05, 0.1) is 5.75 Å². The molecule has 0 N–H and O–H groups in total. The van der Waals surface area contributed by atoms with E-state index in [1.807, 2.05) is 18.2 Å². The summed E-state index contributed by atoms with van der Waals surface area (Å²) in [5.74, 6) is 0.158. The number of thioether (sulfide) groups is 1. The minimum absolute atomic E-state index is 0.0320. The third-order valence-electron chi connectivity index (χ3n) is 4.07. The largest absolute Gasteiger partial charge is 0.295 e. The number of carbonyl (C=O) groups is 1. The van der Waals surface area contributed by atoms with Crippen molar-refractivity contribution in [2.75, 3.05) is 10.7 Å². The average molecular weight is 329 g/mol. The highest BCUT2D eigenvalue weighted by Crippen LogP contribution is 2.42. The van der Waals surface area contributed by atoms with Gasteiger partial charge in [0.15, 0.2) is 0 Å². The summed E-state index contributed by atoms with van der Waals surface area (Å²) < 4.78 is 14.1. The Balaban J connectivity index is 1.87. The molecular formula is C19H20FNOS. The number of hydrogen-bond acceptors (Lipinski definition) is 2. The summed E-state index contributed by atoms with van der Waals surface area (Å²) in [7, 11) is 0. The van der Waals surface area contributed by atoms with Gasteiger partial charge in [-0.15, -0.1) is 11.8 Å². The van der Waals surface area contributed by atoms with Crippen LogP contribution in [0.2, 0.25) is 0 Å². The van der Waals surface area contributed by atoms with Gasteiger partial charge >= 0.3 is 0 Å². The van der Waals surface area contributed by atoms with Crippen molar-refractivity contribution in [3.63, 3.8) is 0 Å². The lowest BCUT2D eigenvalue weighted by atomic mass is 10.1. The number of rotatable bonds is 5. The number of carbonyl (C=O) groups excluding carboxylic acids is 1. The molecule has 0 aromatic heterocycles. The van der Waals surface area contributed by atoms with Crippen LogP contribution >= 0.6 is 11.8 Å². The van der Waals surface area contributed by atoms with E-state index in [4.69, 9.17) is 0 Å². The fourth-order valence-electron chi connectivity index (χ4n) is 2.81. The molecule has 1 aliphatic heterocycles. The molecule has 4 heteroatoms. The summed E-state index contributed by atoms with van der Waals surface area (Å²) in [6.45, 7) is 2.17. The molecule has 1 fully saturated rings. The van der Waals surface area contributed by atoms with Crippen molar-refractivity contribution in [2.45, 2.75) is 31.6 Å². The highest BCUT2D eigenvalue weighted by molar-refractivity contribution is 8.00. The Labute approximate surface area is 140 Å². The van der Waals surface area contributed by atoms with Gasteiger partial charge in [-0.3, -0.25) is 9.69 Å². The molecule has 0 spiro atoms. The fourth-order valence-corrected chi connectivity index (χ4v) is 4.01. The van der Waals surface area contributed by atoms with Crippen LogP contribution in [0.25, 0.3) is 0 Å². The summed E-state index contributed by atoms with van der Waals surface area (Å²) in [5, 5.41) is -0.287. The lowest BCUT2D eigenvalue weighted by Crippen LogP contribution is -2.28. The van der Waals surface area contributed by atoms with Crippen LogP contribution in [0, 0.1) is 5.82 Å². The first-order valence-corrected chi connectivity index (χ1v) is 9.02. The smallest absolute Gasteiger partial charge is 0.238 e. The number of anilines is 1. The van der Waals surface area contributed by atoms with Crippen molar-refractivity contribution in [1.29, 1.82) is 0 Å². The second-order valence-electron chi connectivity index (χ2n) is 5.72. The zero-order valence-corrected chi connectivity index (χ0v) is 14.0. The molecule has 0 aliphatic carbocycles. The summed E-state index contributed by atoms with van der Waals surface area (Å²) >= 11 is 1.48. The molecule has 2 aromatic rings. The third-order valence-corrected chi connectivity index (χ3v) is 5.27. The first-order valence-electron chi connectivity index (χ1n) is 7.97. The highest BCUT2D eigenvalue weighted by Gasteiger charge is 2.35.